The highest BCUT2D eigenvalue weighted by molar-refractivity contribution is 7.88. The summed E-state index contributed by atoms with van der Waals surface area (Å²) in [5.41, 5.74) is 0.590. The lowest BCUT2D eigenvalue weighted by Crippen LogP contribution is -2.32. The molecule has 1 fully saturated rings. The van der Waals surface area contributed by atoms with Crippen molar-refractivity contribution >= 4 is 21.6 Å². The van der Waals surface area contributed by atoms with Gasteiger partial charge < -0.3 is 9.47 Å². The van der Waals surface area contributed by atoms with Gasteiger partial charge in [0.2, 0.25) is 10.0 Å². The Morgan fingerprint density at radius 3 is 2.65 bits per heavy atom. The number of nitrogens with one attached hydrogen (secondary N) is 1. The minimum atomic E-state index is -3.40. The highest BCUT2D eigenvalue weighted by atomic mass is 35.5. The largest absolute Gasteiger partial charge is 0.353 e. The van der Waals surface area contributed by atoms with E-state index < -0.39 is 10.0 Å². The summed E-state index contributed by atoms with van der Waals surface area (Å²) in [4.78, 5) is 0. The molecule has 0 amide bonds. The average molecular weight is 320 g/mol. The Balaban J connectivity index is 1.80. The third kappa shape index (κ3) is 5.03. The molecule has 0 spiro atoms. The third-order valence-corrected chi connectivity index (χ3v) is 4.61. The molecule has 0 aliphatic carbocycles. The Morgan fingerprint density at radius 1 is 1.25 bits per heavy atom. The summed E-state index contributed by atoms with van der Waals surface area (Å²) in [5, 5.41) is 0.455. The molecule has 20 heavy (non-hydrogen) atoms. The highest BCUT2D eigenvalue weighted by Crippen LogP contribution is 2.17. The first-order valence-corrected chi connectivity index (χ1v) is 8.54. The first-order valence-electron chi connectivity index (χ1n) is 6.51. The van der Waals surface area contributed by atoms with Crippen LogP contribution < -0.4 is 4.72 Å². The fourth-order valence-electron chi connectivity index (χ4n) is 1.91. The zero-order chi connectivity index (χ0) is 14.4. The molecule has 0 unspecified atom stereocenters. The lowest BCUT2D eigenvalue weighted by molar-refractivity contribution is -0.180. The van der Waals surface area contributed by atoms with E-state index in [2.05, 4.69) is 4.72 Å². The van der Waals surface area contributed by atoms with E-state index in [1.54, 1.807) is 24.3 Å². The van der Waals surface area contributed by atoms with E-state index in [4.69, 9.17) is 21.1 Å². The number of rotatable bonds is 6. The smallest absolute Gasteiger partial charge is 0.215 e. The van der Waals surface area contributed by atoms with Gasteiger partial charge in [0, 0.05) is 18.0 Å². The van der Waals surface area contributed by atoms with Gasteiger partial charge in [-0.15, -0.1) is 0 Å². The van der Waals surface area contributed by atoms with Gasteiger partial charge in [0.15, 0.2) is 6.29 Å². The van der Waals surface area contributed by atoms with E-state index in [1.807, 2.05) is 0 Å². The fourth-order valence-corrected chi connectivity index (χ4v) is 3.38. The van der Waals surface area contributed by atoms with Gasteiger partial charge in [-0.05, 0) is 18.1 Å². The maximum atomic E-state index is 11.9. The van der Waals surface area contributed by atoms with E-state index in [1.165, 1.54) is 0 Å². The second-order valence-electron chi connectivity index (χ2n) is 4.56. The van der Waals surface area contributed by atoms with Crippen LogP contribution in [0.2, 0.25) is 5.02 Å². The summed E-state index contributed by atoms with van der Waals surface area (Å²) in [6.45, 7) is 1.62. The molecule has 0 saturated carbocycles. The van der Waals surface area contributed by atoms with Crippen molar-refractivity contribution in [1.82, 2.24) is 4.72 Å². The number of benzene rings is 1. The highest BCUT2D eigenvalue weighted by Gasteiger charge is 2.17. The minimum absolute atomic E-state index is 0.126. The molecule has 1 heterocycles. The van der Waals surface area contributed by atoms with Gasteiger partial charge in [-0.2, -0.15) is 0 Å². The van der Waals surface area contributed by atoms with Crippen LogP contribution in [0.1, 0.15) is 18.4 Å². The first kappa shape index (κ1) is 15.7. The fraction of sp³-hybridized carbons (Fsp3) is 0.538. The van der Waals surface area contributed by atoms with Gasteiger partial charge in [0.05, 0.1) is 19.0 Å². The molecular weight excluding hydrogens is 302 g/mol. The van der Waals surface area contributed by atoms with Crippen LogP contribution in [0.3, 0.4) is 0 Å². The van der Waals surface area contributed by atoms with Crippen molar-refractivity contribution in [3.8, 4) is 0 Å². The van der Waals surface area contributed by atoms with Gasteiger partial charge >= 0.3 is 0 Å². The molecule has 1 N–H and O–H groups in total. The molecule has 1 aromatic rings. The Hall–Kier alpha value is -0.660. The van der Waals surface area contributed by atoms with Crippen LogP contribution in [0.15, 0.2) is 24.3 Å². The van der Waals surface area contributed by atoms with Crippen molar-refractivity contribution in [2.45, 2.75) is 24.9 Å². The lowest BCUT2D eigenvalue weighted by atomic mass is 10.2. The maximum absolute atomic E-state index is 11.9. The lowest BCUT2D eigenvalue weighted by Gasteiger charge is -2.23. The van der Waals surface area contributed by atoms with E-state index in [0.29, 0.717) is 30.2 Å². The standard InChI is InChI=1S/C13H18ClNO4S/c14-12-5-2-1-4-11(12)10-20(16,17)15-7-6-13-18-8-3-9-19-13/h1-2,4-5,13,15H,3,6-10H2. The molecule has 1 aromatic carbocycles. The average Bonchev–Trinajstić information content (AvgIpc) is 2.42. The predicted octanol–water partition coefficient (Wildman–Crippen LogP) is 1.91. The first-order chi connectivity index (χ1) is 9.57. The Kier molecular flexibility index (Phi) is 5.80. The molecule has 0 aromatic heterocycles. The number of hydrogen-bond acceptors (Lipinski definition) is 4. The van der Waals surface area contributed by atoms with Gasteiger partial charge in [-0.3, -0.25) is 0 Å². The van der Waals surface area contributed by atoms with Gasteiger partial charge in [0.25, 0.3) is 0 Å². The van der Waals surface area contributed by atoms with Crippen molar-refractivity contribution in [2.24, 2.45) is 0 Å². The molecule has 112 valence electrons. The Labute approximate surface area is 124 Å². The van der Waals surface area contributed by atoms with E-state index in [9.17, 15) is 8.42 Å². The van der Waals surface area contributed by atoms with E-state index >= 15 is 0 Å². The van der Waals surface area contributed by atoms with E-state index in [-0.39, 0.29) is 18.6 Å². The Morgan fingerprint density at radius 2 is 1.95 bits per heavy atom. The summed E-state index contributed by atoms with van der Waals surface area (Å²) < 4.78 is 37.1. The Bertz CT molecular complexity index is 529. The van der Waals surface area contributed by atoms with Crippen molar-refractivity contribution in [3.63, 3.8) is 0 Å². The maximum Gasteiger partial charge on any atom is 0.215 e. The second kappa shape index (κ2) is 7.38. The van der Waals surface area contributed by atoms with Crippen LogP contribution in [0.4, 0.5) is 0 Å². The zero-order valence-corrected chi connectivity index (χ0v) is 12.6. The third-order valence-electron chi connectivity index (χ3n) is 2.90. The normalized spacial score (nSPS) is 17.2. The van der Waals surface area contributed by atoms with Crippen molar-refractivity contribution < 1.29 is 17.9 Å². The second-order valence-corrected chi connectivity index (χ2v) is 6.77. The molecular formula is C13H18ClNO4S. The summed E-state index contributed by atoms with van der Waals surface area (Å²) in [5.74, 6) is -0.126. The molecule has 0 atom stereocenters. The SMILES string of the molecule is O=S(=O)(Cc1ccccc1Cl)NCCC1OCCCO1. The summed E-state index contributed by atoms with van der Waals surface area (Å²) in [7, 11) is -3.40. The number of ether oxygens (including phenoxy) is 2. The topological polar surface area (TPSA) is 64.6 Å². The predicted molar refractivity (Wildman–Crippen MR) is 77.0 cm³/mol. The molecule has 7 heteroatoms. The van der Waals surface area contributed by atoms with Crippen LogP contribution in [0, 0.1) is 0 Å². The van der Waals surface area contributed by atoms with Crippen molar-refractivity contribution in [1.29, 1.82) is 0 Å². The molecule has 5 nitrogen and oxygen atoms in total. The number of hydrogen-bond donors (Lipinski definition) is 1. The van der Waals surface area contributed by atoms with Crippen molar-refractivity contribution in [3.05, 3.63) is 34.9 Å². The molecule has 1 aliphatic heterocycles. The van der Waals surface area contributed by atoms with Gasteiger partial charge in [-0.1, -0.05) is 29.8 Å². The van der Waals surface area contributed by atoms with Crippen LogP contribution in [0.5, 0.6) is 0 Å². The number of sulfonamides is 1. The van der Waals surface area contributed by atoms with E-state index in [0.717, 1.165) is 6.42 Å². The zero-order valence-electron chi connectivity index (χ0n) is 11.0. The summed E-state index contributed by atoms with van der Waals surface area (Å²) in [6, 6.07) is 6.91. The monoisotopic (exact) mass is 319 g/mol. The minimum Gasteiger partial charge on any atom is -0.353 e. The summed E-state index contributed by atoms with van der Waals surface area (Å²) >= 11 is 5.95. The van der Waals surface area contributed by atoms with Crippen LogP contribution in [-0.4, -0.2) is 34.5 Å². The van der Waals surface area contributed by atoms with Crippen molar-refractivity contribution in [2.75, 3.05) is 19.8 Å². The van der Waals surface area contributed by atoms with Crippen LogP contribution >= 0.6 is 11.6 Å². The molecule has 2 rings (SSSR count). The number of halogens is 1. The van der Waals surface area contributed by atoms with Gasteiger partial charge in [-0.25, -0.2) is 13.1 Å². The molecule has 0 radical (unpaired) electrons. The molecule has 1 saturated heterocycles. The van der Waals surface area contributed by atoms with Gasteiger partial charge in [0.1, 0.15) is 0 Å². The van der Waals surface area contributed by atoms with Crippen LogP contribution in [0.25, 0.3) is 0 Å². The molecule has 0 bridgehead atoms. The molecule has 1 aliphatic rings. The quantitative estimate of drug-likeness (QED) is 0.870. The van der Waals surface area contributed by atoms with Crippen LogP contribution in [-0.2, 0) is 25.2 Å². The summed E-state index contributed by atoms with van der Waals surface area (Å²) in [6.07, 6.45) is 1.07.